The van der Waals surface area contributed by atoms with Crippen LogP contribution in [0.3, 0.4) is 0 Å². The minimum Gasteiger partial charge on any atom is -0.477 e. The van der Waals surface area contributed by atoms with Gasteiger partial charge in [-0.1, -0.05) is 43.2 Å². The Bertz CT molecular complexity index is 736. The highest BCUT2D eigenvalue weighted by molar-refractivity contribution is 6.02. The molecule has 1 aromatic heterocycles. The van der Waals surface area contributed by atoms with Crippen molar-refractivity contribution in [3.63, 3.8) is 0 Å². The number of aromatic nitrogens is 2. The standard InChI is InChI=1S/C19H24N4O3/c24-18(16-17(19(25)26)22-13-21-16)20-12-15(14-8-4-3-5-9-14)23-10-6-1-2-7-11-23/h3-5,8-9,13,15H,1-2,6-7,10-12H2,(H,20,24)(H,21,22)(H,25,26). The summed E-state index contributed by atoms with van der Waals surface area (Å²) >= 11 is 0. The van der Waals surface area contributed by atoms with Crippen LogP contribution in [0.4, 0.5) is 0 Å². The minimum absolute atomic E-state index is 0.0606. The SMILES string of the molecule is O=C(NCC(c1ccccc1)N1CCCCCC1)c1nc[nH]c1C(=O)O. The fraction of sp³-hybridized carbons (Fsp3) is 0.421. The molecule has 1 fully saturated rings. The Balaban J connectivity index is 1.74. The second-order valence-electron chi connectivity index (χ2n) is 6.52. The van der Waals surface area contributed by atoms with Crippen LogP contribution in [-0.4, -0.2) is 51.5 Å². The third-order valence-corrected chi connectivity index (χ3v) is 4.79. The van der Waals surface area contributed by atoms with Gasteiger partial charge >= 0.3 is 5.97 Å². The molecule has 3 N–H and O–H groups in total. The highest BCUT2D eigenvalue weighted by Crippen LogP contribution is 2.23. The van der Waals surface area contributed by atoms with Crippen LogP contribution in [0.5, 0.6) is 0 Å². The molecule has 1 atom stereocenters. The van der Waals surface area contributed by atoms with Gasteiger partial charge in [0.05, 0.1) is 12.4 Å². The van der Waals surface area contributed by atoms with Crippen LogP contribution in [0.2, 0.25) is 0 Å². The number of carbonyl (C=O) groups is 2. The number of nitrogens with zero attached hydrogens (tertiary/aromatic N) is 2. The van der Waals surface area contributed by atoms with E-state index in [4.69, 9.17) is 5.11 Å². The first-order valence-corrected chi connectivity index (χ1v) is 9.00. The summed E-state index contributed by atoms with van der Waals surface area (Å²) in [6.07, 6.45) is 6.00. The summed E-state index contributed by atoms with van der Waals surface area (Å²) in [5.74, 6) is -1.67. The van der Waals surface area contributed by atoms with E-state index < -0.39 is 11.9 Å². The molecule has 1 aliphatic rings. The van der Waals surface area contributed by atoms with Gasteiger partial charge in [-0.2, -0.15) is 0 Å². The molecule has 1 aliphatic heterocycles. The van der Waals surface area contributed by atoms with Gasteiger partial charge in [-0.15, -0.1) is 0 Å². The maximum Gasteiger partial charge on any atom is 0.354 e. The highest BCUT2D eigenvalue weighted by Gasteiger charge is 2.24. The van der Waals surface area contributed by atoms with Crippen molar-refractivity contribution in [2.75, 3.05) is 19.6 Å². The predicted octanol–water partition coefficient (Wildman–Crippen LogP) is 2.46. The van der Waals surface area contributed by atoms with E-state index in [1.807, 2.05) is 18.2 Å². The number of benzene rings is 1. The van der Waals surface area contributed by atoms with Crippen molar-refractivity contribution in [1.82, 2.24) is 20.2 Å². The first-order chi connectivity index (χ1) is 12.7. The van der Waals surface area contributed by atoms with Gasteiger partial charge in [0, 0.05) is 6.54 Å². The lowest BCUT2D eigenvalue weighted by Gasteiger charge is -2.31. The Morgan fingerprint density at radius 2 is 1.85 bits per heavy atom. The molecule has 2 aromatic rings. The Morgan fingerprint density at radius 3 is 2.50 bits per heavy atom. The van der Waals surface area contributed by atoms with E-state index in [0.717, 1.165) is 31.5 Å². The third-order valence-electron chi connectivity index (χ3n) is 4.79. The van der Waals surface area contributed by atoms with Crippen LogP contribution < -0.4 is 5.32 Å². The molecule has 26 heavy (non-hydrogen) atoms. The summed E-state index contributed by atoms with van der Waals surface area (Å²) in [6, 6.07) is 10.2. The first-order valence-electron chi connectivity index (χ1n) is 9.00. The van der Waals surface area contributed by atoms with Gasteiger partial charge in [0.1, 0.15) is 0 Å². The van der Waals surface area contributed by atoms with Crippen LogP contribution in [0.1, 0.15) is 58.3 Å². The van der Waals surface area contributed by atoms with Crippen LogP contribution in [0.15, 0.2) is 36.7 Å². The first kappa shape index (κ1) is 18.1. The molecular weight excluding hydrogens is 332 g/mol. The monoisotopic (exact) mass is 356 g/mol. The second kappa shape index (κ2) is 8.62. The lowest BCUT2D eigenvalue weighted by Crippen LogP contribution is -2.39. The van der Waals surface area contributed by atoms with E-state index in [-0.39, 0.29) is 17.4 Å². The van der Waals surface area contributed by atoms with Crippen molar-refractivity contribution >= 4 is 11.9 Å². The molecule has 1 aromatic carbocycles. The number of carboxylic acid groups (broad SMARTS) is 1. The number of carboxylic acids is 1. The van der Waals surface area contributed by atoms with Crippen LogP contribution in [0.25, 0.3) is 0 Å². The molecule has 1 amide bonds. The number of H-pyrrole nitrogens is 1. The Morgan fingerprint density at radius 1 is 1.15 bits per heavy atom. The van der Waals surface area contributed by atoms with E-state index in [0.29, 0.717) is 6.54 Å². The molecule has 0 saturated carbocycles. The molecule has 0 aliphatic carbocycles. The number of aromatic carboxylic acids is 1. The summed E-state index contributed by atoms with van der Waals surface area (Å²) < 4.78 is 0. The fourth-order valence-corrected chi connectivity index (χ4v) is 3.44. The predicted molar refractivity (Wildman–Crippen MR) is 97.1 cm³/mol. The van der Waals surface area contributed by atoms with Gasteiger partial charge in [-0.25, -0.2) is 9.78 Å². The molecule has 3 rings (SSSR count). The lowest BCUT2D eigenvalue weighted by molar-refractivity contribution is 0.0684. The number of hydrogen-bond acceptors (Lipinski definition) is 4. The number of carbonyl (C=O) groups excluding carboxylic acids is 1. The number of hydrogen-bond donors (Lipinski definition) is 3. The maximum atomic E-state index is 12.4. The van der Waals surface area contributed by atoms with Crippen LogP contribution >= 0.6 is 0 Å². The summed E-state index contributed by atoms with van der Waals surface area (Å²) in [6.45, 7) is 2.41. The molecule has 2 heterocycles. The summed E-state index contributed by atoms with van der Waals surface area (Å²) in [4.78, 5) is 32.4. The van der Waals surface area contributed by atoms with Gasteiger partial charge in [0.25, 0.3) is 5.91 Å². The lowest BCUT2D eigenvalue weighted by atomic mass is 10.0. The fourth-order valence-electron chi connectivity index (χ4n) is 3.44. The Kier molecular flexibility index (Phi) is 6.01. The summed E-state index contributed by atoms with van der Waals surface area (Å²) in [5.41, 5.74) is 0.879. The largest absolute Gasteiger partial charge is 0.477 e. The quantitative estimate of drug-likeness (QED) is 0.738. The number of nitrogens with one attached hydrogen (secondary N) is 2. The van der Waals surface area contributed by atoms with Crippen LogP contribution in [-0.2, 0) is 0 Å². The van der Waals surface area contributed by atoms with Crippen molar-refractivity contribution in [2.45, 2.75) is 31.7 Å². The Hall–Kier alpha value is -2.67. The second-order valence-corrected chi connectivity index (χ2v) is 6.52. The zero-order valence-electron chi connectivity index (χ0n) is 14.6. The van der Waals surface area contributed by atoms with Crippen molar-refractivity contribution in [1.29, 1.82) is 0 Å². The Labute approximate surface area is 152 Å². The third kappa shape index (κ3) is 4.29. The average molecular weight is 356 g/mol. The molecular formula is C19H24N4O3. The normalized spacial score (nSPS) is 16.6. The van der Waals surface area contributed by atoms with E-state index in [2.05, 4.69) is 32.3 Å². The smallest absolute Gasteiger partial charge is 0.354 e. The zero-order chi connectivity index (χ0) is 18.4. The minimum atomic E-state index is -1.19. The van der Waals surface area contributed by atoms with Gasteiger partial charge in [-0.3, -0.25) is 9.69 Å². The van der Waals surface area contributed by atoms with Gasteiger partial charge < -0.3 is 15.4 Å². The van der Waals surface area contributed by atoms with E-state index in [1.165, 1.54) is 19.2 Å². The number of aromatic amines is 1. The molecule has 7 heteroatoms. The van der Waals surface area contributed by atoms with Gasteiger partial charge in [0.15, 0.2) is 11.4 Å². The van der Waals surface area contributed by atoms with Crippen molar-refractivity contribution in [3.8, 4) is 0 Å². The molecule has 138 valence electrons. The van der Waals surface area contributed by atoms with Crippen molar-refractivity contribution in [3.05, 3.63) is 53.6 Å². The molecule has 7 nitrogen and oxygen atoms in total. The van der Waals surface area contributed by atoms with Crippen molar-refractivity contribution in [2.24, 2.45) is 0 Å². The highest BCUT2D eigenvalue weighted by atomic mass is 16.4. The topological polar surface area (TPSA) is 98.3 Å². The zero-order valence-corrected chi connectivity index (χ0v) is 14.6. The molecule has 1 saturated heterocycles. The van der Waals surface area contributed by atoms with E-state index in [9.17, 15) is 9.59 Å². The molecule has 1 unspecified atom stereocenters. The number of rotatable bonds is 6. The maximum absolute atomic E-state index is 12.4. The van der Waals surface area contributed by atoms with Gasteiger partial charge in [0.2, 0.25) is 0 Å². The van der Waals surface area contributed by atoms with E-state index >= 15 is 0 Å². The number of amides is 1. The molecule has 0 bridgehead atoms. The summed E-state index contributed by atoms with van der Waals surface area (Å²) in [7, 11) is 0. The van der Waals surface area contributed by atoms with Gasteiger partial charge in [-0.05, 0) is 31.5 Å². The van der Waals surface area contributed by atoms with E-state index in [1.54, 1.807) is 0 Å². The number of imidazole rings is 1. The molecule has 0 spiro atoms. The average Bonchev–Trinajstić information content (AvgIpc) is 3.00. The van der Waals surface area contributed by atoms with Crippen molar-refractivity contribution < 1.29 is 14.7 Å². The summed E-state index contributed by atoms with van der Waals surface area (Å²) in [5, 5.41) is 12.0. The number of likely N-dealkylation sites (tertiary alicyclic amines) is 1. The van der Waals surface area contributed by atoms with Crippen LogP contribution in [0, 0.1) is 0 Å². The molecule has 0 radical (unpaired) electrons.